The van der Waals surface area contributed by atoms with Gasteiger partial charge in [0, 0.05) is 24.9 Å². The van der Waals surface area contributed by atoms with Gasteiger partial charge in [-0.3, -0.25) is 9.78 Å². The number of aliphatic hydroxyl groups is 1. The third kappa shape index (κ3) is 4.65. The van der Waals surface area contributed by atoms with E-state index < -0.39 is 0 Å². The molecule has 1 fully saturated rings. The summed E-state index contributed by atoms with van der Waals surface area (Å²) in [5, 5.41) is 12.8. The van der Waals surface area contributed by atoms with Crippen molar-refractivity contribution >= 4 is 5.91 Å². The molecule has 126 valence electrons. The maximum absolute atomic E-state index is 12.3. The highest BCUT2D eigenvalue weighted by atomic mass is 16.3. The number of benzene rings is 1. The van der Waals surface area contributed by atoms with Crippen LogP contribution in [0.1, 0.15) is 30.4 Å². The van der Waals surface area contributed by atoms with Gasteiger partial charge in [0.2, 0.25) is 5.91 Å². The Morgan fingerprint density at radius 3 is 2.58 bits per heavy atom. The molecule has 2 N–H and O–H groups in total. The highest BCUT2D eigenvalue weighted by Crippen LogP contribution is 2.31. The van der Waals surface area contributed by atoms with Crippen LogP contribution in [0.2, 0.25) is 0 Å². The number of nitrogens with one attached hydrogen (secondary N) is 1. The number of nitrogens with zero attached hydrogens (tertiary/aromatic N) is 1. The van der Waals surface area contributed by atoms with Crippen molar-refractivity contribution in [3.8, 4) is 0 Å². The van der Waals surface area contributed by atoms with Crippen LogP contribution in [0, 0.1) is 5.92 Å². The molecule has 4 heteroatoms. The van der Waals surface area contributed by atoms with Crippen LogP contribution in [0.15, 0.2) is 54.9 Å². The lowest BCUT2D eigenvalue weighted by atomic mass is 9.75. The number of aliphatic hydroxyl groups excluding tert-OH is 1. The molecular weight excluding hydrogens is 300 g/mol. The van der Waals surface area contributed by atoms with Crippen LogP contribution in [0.3, 0.4) is 0 Å². The smallest absolute Gasteiger partial charge is 0.220 e. The minimum atomic E-state index is -0.208. The molecule has 1 aromatic heterocycles. The predicted octanol–water partition coefficient (Wildman–Crippen LogP) is 2.51. The van der Waals surface area contributed by atoms with Crippen molar-refractivity contribution in [3.63, 3.8) is 0 Å². The zero-order chi connectivity index (χ0) is 16.8. The quantitative estimate of drug-likeness (QED) is 0.822. The molecule has 0 saturated heterocycles. The van der Waals surface area contributed by atoms with Crippen molar-refractivity contribution in [3.05, 3.63) is 66.0 Å². The fraction of sp³-hybridized carbons (Fsp3) is 0.400. The molecule has 4 nitrogen and oxygen atoms in total. The maximum atomic E-state index is 12.3. The van der Waals surface area contributed by atoms with Gasteiger partial charge in [-0.1, -0.05) is 36.4 Å². The highest BCUT2D eigenvalue weighted by Gasteiger charge is 2.34. The topological polar surface area (TPSA) is 62.2 Å². The molecule has 0 bridgehead atoms. The Bertz CT molecular complexity index is 639. The third-order valence-corrected chi connectivity index (χ3v) is 4.73. The fourth-order valence-corrected chi connectivity index (χ4v) is 3.24. The number of amides is 1. The van der Waals surface area contributed by atoms with E-state index in [9.17, 15) is 9.90 Å². The average molecular weight is 324 g/mol. The number of aromatic nitrogens is 1. The van der Waals surface area contributed by atoms with Crippen LogP contribution in [0.25, 0.3) is 0 Å². The maximum Gasteiger partial charge on any atom is 0.220 e. The van der Waals surface area contributed by atoms with E-state index in [1.807, 2.05) is 30.3 Å². The number of hydrogen-bond donors (Lipinski definition) is 2. The first-order chi connectivity index (χ1) is 11.7. The molecule has 24 heavy (non-hydrogen) atoms. The molecule has 1 amide bonds. The standard InChI is InChI=1S/C20H24N2O2/c23-18-12-17(13-18)19(11-15-5-2-1-3-6-15)22-20(24)9-8-16-7-4-10-21-14-16/h1-7,10,14,17-19,23H,8-9,11-13H2,(H,22,24)/t17?,18?,19-/m1/s1. The summed E-state index contributed by atoms with van der Waals surface area (Å²) in [4.78, 5) is 16.4. The average Bonchev–Trinajstić information content (AvgIpc) is 2.58. The summed E-state index contributed by atoms with van der Waals surface area (Å²) in [6.45, 7) is 0. The Labute approximate surface area is 142 Å². The van der Waals surface area contributed by atoms with Crippen LogP contribution in [-0.2, 0) is 17.6 Å². The summed E-state index contributed by atoms with van der Waals surface area (Å²) in [5.41, 5.74) is 2.29. The largest absolute Gasteiger partial charge is 0.393 e. The van der Waals surface area contributed by atoms with Gasteiger partial charge in [0.1, 0.15) is 0 Å². The van der Waals surface area contributed by atoms with Gasteiger partial charge in [-0.15, -0.1) is 0 Å². The van der Waals surface area contributed by atoms with E-state index in [1.54, 1.807) is 12.4 Å². The number of carbonyl (C=O) groups excluding carboxylic acids is 1. The molecule has 1 aliphatic rings. The Balaban J connectivity index is 1.55. The molecule has 0 aliphatic heterocycles. The second kappa shape index (κ2) is 8.06. The second-order valence-electron chi connectivity index (χ2n) is 6.61. The molecule has 0 radical (unpaired) electrons. The van der Waals surface area contributed by atoms with E-state index in [0.29, 0.717) is 18.8 Å². The van der Waals surface area contributed by atoms with Gasteiger partial charge < -0.3 is 10.4 Å². The van der Waals surface area contributed by atoms with Crippen LogP contribution in [-0.4, -0.2) is 28.1 Å². The van der Waals surface area contributed by atoms with Crippen LogP contribution in [0.5, 0.6) is 0 Å². The second-order valence-corrected chi connectivity index (χ2v) is 6.61. The summed E-state index contributed by atoms with van der Waals surface area (Å²) in [6, 6.07) is 14.2. The zero-order valence-corrected chi connectivity index (χ0v) is 13.8. The van der Waals surface area contributed by atoms with Crippen LogP contribution < -0.4 is 5.32 Å². The Morgan fingerprint density at radius 1 is 1.17 bits per heavy atom. The van der Waals surface area contributed by atoms with Crippen LogP contribution in [0.4, 0.5) is 0 Å². The summed E-state index contributed by atoms with van der Waals surface area (Å²) < 4.78 is 0. The predicted molar refractivity (Wildman–Crippen MR) is 93.4 cm³/mol. The molecule has 1 atom stereocenters. The normalized spacial score (nSPS) is 20.9. The molecule has 1 heterocycles. The summed E-state index contributed by atoms with van der Waals surface area (Å²) in [5.74, 6) is 0.434. The molecular formula is C20H24N2O2. The van der Waals surface area contributed by atoms with Crippen molar-refractivity contribution in [2.24, 2.45) is 5.92 Å². The lowest BCUT2D eigenvalue weighted by molar-refractivity contribution is -0.122. The van der Waals surface area contributed by atoms with Gasteiger partial charge in [0.05, 0.1) is 6.10 Å². The zero-order valence-electron chi connectivity index (χ0n) is 13.8. The molecule has 0 spiro atoms. The lowest BCUT2D eigenvalue weighted by Gasteiger charge is -2.38. The van der Waals surface area contributed by atoms with Crippen molar-refractivity contribution < 1.29 is 9.90 Å². The first-order valence-electron chi connectivity index (χ1n) is 8.61. The van der Waals surface area contributed by atoms with Crippen LogP contribution >= 0.6 is 0 Å². The van der Waals surface area contributed by atoms with E-state index >= 15 is 0 Å². The van der Waals surface area contributed by atoms with Gasteiger partial charge in [-0.2, -0.15) is 0 Å². The minimum Gasteiger partial charge on any atom is -0.393 e. The van der Waals surface area contributed by atoms with Gasteiger partial charge in [0.15, 0.2) is 0 Å². The minimum absolute atomic E-state index is 0.0705. The van der Waals surface area contributed by atoms with E-state index in [-0.39, 0.29) is 18.1 Å². The van der Waals surface area contributed by atoms with Gasteiger partial charge in [0.25, 0.3) is 0 Å². The number of carbonyl (C=O) groups is 1. The highest BCUT2D eigenvalue weighted by molar-refractivity contribution is 5.76. The van der Waals surface area contributed by atoms with E-state index in [4.69, 9.17) is 0 Å². The summed E-state index contributed by atoms with van der Waals surface area (Å²) in [6.07, 6.45) is 6.87. The van der Waals surface area contributed by atoms with Gasteiger partial charge >= 0.3 is 0 Å². The van der Waals surface area contributed by atoms with E-state index in [0.717, 1.165) is 24.8 Å². The Morgan fingerprint density at radius 2 is 1.92 bits per heavy atom. The first kappa shape index (κ1) is 16.7. The number of aryl methyl sites for hydroxylation is 1. The molecule has 0 unspecified atom stereocenters. The molecule has 2 aromatic rings. The first-order valence-corrected chi connectivity index (χ1v) is 8.61. The number of pyridine rings is 1. The van der Waals surface area contributed by atoms with Crippen molar-refractivity contribution in [1.82, 2.24) is 10.3 Å². The number of rotatable bonds is 7. The van der Waals surface area contributed by atoms with Gasteiger partial charge in [-0.05, 0) is 48.8 Å². The SMILES string of the molecule is O=C(CCc1cccnc1)N[C@H](Cc1ccccc1)C1CC(O)C1. The fourth-order valence-electron chi connectivity index (χ4n) is 3.24. The van der Waals surface area contributed by atoms with Crippen molar-refractivity contribution in [2.75, 3.05) is 0 Å². The van der Waals surface area contributed by atoms with E-state index in [1.165, 1.54) is 5.56 Å². The van der Waals surface area contributed by atoms with E-state index in [2.05, 4.69) is 22.4 Å². The molecule has 1 saturated carbocycles. The molecule has 3 rings (SSSR count). The number of hydrogen-bond acceptors (Lipinski definition) is 3. The summed E-state index contributed by atoms with van der Waals surface area (Å²) >= 11 is 0. The Hall–Kier alpha value is -2.20. The molecule has 1 aliphatic carbocycles. The molecule has 1 aromatic carbocycles. The monoisotopic (exact) mass is 324 g/mol. The lowest BCUT2D eigenvalue weighted by Crippen LogP contribution is -2.48. The Kier molecular flexibility index (Phi) is 5.59. The van der Waals surface area contributed by atoms with Crippen molar-refractivity contribution in [1.29, 1.82) is 0 Å². The van der Waals surface area contributed by atoms with Gasteiger partial charge in [-0.25, -0.2) is 0 Å². The summed E-state index contributed by atoms with van der Waals surface area (Å²) in [7, 11) is 0. The van der Waals surface area contributed by atoms with Crippen molar-refractivity contribution in [2.45, 2.75) is 44.2 Å². The third-order valence-electron chi connectivity index (χ3n) is 4.73.